The molecule has 1 aromatic carbocycles. The number of aromatic nitrogens is 2. The number of benzene rings is 1. The highest BCUT2D eigenvalue weighted by atomic mass is 32.1. The molecule has 2 aromatic heterocycles. The number of piperazine rings is 1. The van der Waals surface area contributed by atoms with Crippen LogP contribution in [0.15, 0.2) is 41.8 Å². The van der Waals surface area contributed by atoms with Gasteiger partial charge in [-0.25, -0.2) is 14.4 Å². The number of hydrogen-bond acceptors (Lipinski definition) is 5. The second-order valence-corrected chi connectivity index (χ2v) is 9.35. The van der Waals surface area contributed by atoms with Crippen LogP contribution in [0, 0.1) is 5.82 Å². The highest BCUT2D eigenvalue weighted by molar-refractivity contribution is 7.12. The third-order valence-electron chi connectivity index (χ3n) is 5.83. The summed E-state index contributed by atoms with van der Waals surface area (Å²) in [6.07, 6.45) is 1.47. The van der Waals surface area contributed by atoms with E-state index in [1.54, 1.807) is 0 Å². The fourth-order valence-electron chi connectivity index (χ4n) is 4.01. The topological polar surface area (TPSA) is 49.3 Å². The number of amides is 1. The van der Waals surface area contributed by atoms with Crippen molar-refractivity contribution in [3.05, 3.63) is 75.1 Å². The van der Waals surface area contributed by atoms with Crippen molar-refractivity contribution in [2.75, 3.05) is 31.1 Å². The van der Waals surface area contributed by atoms with Gasteiger partial charge in [-0.2, -0.15) is 0 Å². The summed E-state index contributed by atoms with van der Waals surface area (Å²) < 4.78 is 13.4. The summed E-state index contributed by atoms with van der Waals surface area (Å²) in [4.78, 5) is 27.6. The Bertz CT molecular complexity index is 1060. The Morgan fingerprint density at radius 2 is 1.81 bits per heavy atom. The van der Waals surface area contributed by atoms with E-state index in [0.717, 1.165) is 52.9 Å². The molecule has 1 saturated heterocycles. The minimum absolute atomic E-state index is 0.103. The van der Waals surface area contributed by atoms with Crippen molar-refractivity contribution in [2.45, 2.75) is 39.5 Å². The van der Waals surface area contributed by atoms with E-state index < -0.39 is 0 Å². The molecule has 7 heteroatoms. The molecule has 1 aliphatic rings. The van der Waals surface area contributed by atoms with E-state index in [2.05, 4.69) is 25.7 Å². The SMILES string of the molecule is CCc1nc(C(C)C)nc(N2CCN(C(=O)c3cccs3)CC2)c1Cc1ccc(F)cc1. The van der Waals surface area contributed by atoms with Crippen molar-refractivity contribution in [2.24, 2.45) is 0 Å². The quantitative estimate of drug-likeness (QED) is 0.533. The van der Waals surface area contributed by atoms with Crippen LogP contribution in [-0.2, 0) is 12.8 Å². The summed E-state index contributed by atoms with van der Waals surface area (Å²) in [5.41, 5.74) is 3.18. The van der Waals surface area contributed by atoms with E-state index in [-0.39, 0.29) is 17.6 Å². The molecular formula is C25H29FN4OS. The van der Waals surface area contributed by atoms with Crippen molar-refractivity contribution in [3.63, 3.8) is 0 Å². The van der Waals surface area contributed by atoms with Gasteiger partial charge in [0.15, 0.2) is 0 Å². The van der Waals surface area contributed by atoms with Crippen LogP contribution in [0.5, 0.6) is 0 Å². The molecule has 168 valence electrons. The average Bonchev–Trinajstić information content (AvgIpc) is 3.35. The van der Waals surface area contributed by atoms with E-state index in [4.69, 9.17) is 9.97 Å². The molecular weight excluding hydrogens is 423 g/mol. The number of nitrogens with zero attached hydrogens (tertiary/aromatic N) is 4. The largest absolute Gasteiger partial charge is 0.353 e. The van der Waals surface area contributed by atoms with Gasteiger partial charge in [0.2, 0.25) is 0 Å². The van der Waals surface area contributed by atoms with Crippen LogP contribution in [0.4, 0.5) is 10.2 Å². The van der Waals surface area contributed by atoms with E-state index >= 15 is 0 Å². The van der Waals surface area contributed by atoms with E-state index in [1.807, 2.05) is 34.5 Å². The first-order chi connectivity index (χ1) is 15.5. The fourth-order valence-corrected chi connectivity index (χ4v) is 4.70. The number of thiophene rings is 1. The highest BCUT2D eigenvalue weighted by Crippen LogP contribution is 2.28. The Balaban J connectivity index is 1.62. The lowest BCUT2D eigenvalue weighted by atomic mass is 10.0. The summed E-state index contributed by atoms with van der Waals surface area (Å²) in [7, 11) is 0. The zero-order chi connectivity index (χ0) is 22.7. The smallest absolute Gasteiger partial charge is 0.264 e. The van der Waals surface area contributed by atoms with Gasteiger partial charge in [0.1, 0.15) is 17.5 Å². The zero-order valence-electron chi connectivity index (χ0n) is 18.8. The number of rotatable bonds is 6. The van der Waals surface area contributed by atoms with Gasteiger partial charge < -0.3 is 9.80 Å². The first-order valence-electron chi connectivity index (χ1n) is 11.2. The summed E-state index contributed by atoms with van der Waals surface area (Å²) in [6, 6.07) is 10.4. The Morgan fingerprint density at radius 3 is 2.41 bits per heavy atom. The Labute approximate surface area is 192 Å². The minimum atomic E-state index is -0.234. The van der Waals surface area contributed by atoms with Crippen LogP contribution in [0.2, 0.25) is 0 Å². The van der Waals surface area contributed by atoms with Crippen LogP contribution in [0.3, 0.4) is 0 Å². The third-order valence-corrected chi connectivity index (χ3v) is 6.69. The second kappa shape index (κ2) is 9.77. The molecule has 5 nitrogen and oxygen atoms in total. The normalized spacial score (nSPS) is 14.3. The van der Waals surface area contributed by atoms with Crippen molar-refractivity contribution >= 4 is 23.1 Å². The van der Waals surface area contributed by atoms with Gasteiger partial charge in [-0.05, 0) is 35.6 Å². The molecule has 4 rings (SSSR count). The number of hydrogen-bond donors (Lipinski definition) is 0. The van der Waals surface area contributed by atoms with Gasteiger partial charge >= 0.3 is 0 Å². The third kappa shape index (κ3) is 4.83. The van der Waals surface area contributed by atoms with Crippen molar-refractivity contribution in [1.29, 1.82) is 0 Å². The molecule has 3 heterocycles. The molecule has 0 bridgehead atoms. The number of halogens is 1. The molecule has 3 aromatic rings. The molecule has 32 heavy (non-hydrogen) atoms. The first kappa shape index (κ1) is 22.4. The van der Waals surface area contributed by atoms with Crippen molar-refractivity contribution in [3.8, 4) is 0 Å². The maximum absolute atomic E-state index is 13.4. The summed E-state index contributed by atoms with van der Waals surface area (Å²) in [5.74, 6) is 1.89. The lowest BCUT2D eigenvalue weighted by Crippen LogP contribution is -2.49. The number of carbonyl (C=O) groups excluding carboxylic acids is 1. The molecule has 1 amide bonds. The molecule has 1 fully saturated rings. The second-order valence-electron chi connectivity index (χ2n) is 8.40. The van der Waals surface area contributed by atoms with E-state index in [9.17, 15) is 9.18 Å². The Kier molecular flexibility index (Phi) is 6.84. The molecule has 0 N–H and O–H groups in total. The Morgan fingerprint density at radius 1 is 1.09 bits per heavy atom. The molecule has 0 spiro atoms. The van der Waals surface area contributed by atoms with Gasteiger partial charge in [0.05, 0.1) is 4.88 Å². The van der Waals surface area contributed by atoms with Gasteiger partial charge in [-0.1, -0.05) is 39.0 Å². The maximum atomic E-state index is 13.4. The standard InChI is InChI=1S/C25H29FN4OS/c1-4-21-20(16-18-7-9-19(26)10-8-18)24(28-23(27-21)17(2)3)29-11-13-30(14-12-29)25(31)22-6-5-15-32-22/h5-10,15,17H,4,11-14,16H2,1-3H3. The highest BCUT2D eigenvalue weighted by Gasteiger charge is 2.26. The van der Waals surface area contributed by atoms with Crippen molar-refractivity contribution < 1.29 is 9.18 Å². The average molecular weight is 453 g/mol. The number of carbonyl (C=O) groups is 1. The van der Waals surface area contributed by atoms with Crippen molar-refractivity contribution in [1.82, 2.24) is 14.9 Å². The molecule has 0 atom stereocenters. The Hall–Kier alpha value is -2.80. The van der Waals surface area contributed by atoms with Crippen LogP contribution >= 0.6 is 11.3 Å². The van der Waals surface area contributed by atoms with E-state index in [1.165, 1.54) is 23.5 Å². The lowest BCUT2D eigenvalue weighted by Gasteiger charge is -2.36. The van der Waals surface area contributed by atoms with Gasteiger partial charge in [-0.15, -0.1) is 11.3 Å². The monoisotopic (exact) mass is 452 g/mol. The molecule has 1 aliphatic heterocycles. The first-order valence-corrected chi connectivity index (χ1v) is 12.1. The number of anilines is 1. The molecule has 0 unspecified atom stereocenters. The summed E-state index contributed by atoms with van der Waals surface area (Å²) >= 11 is 1.48. The summed E-state index contributed by atoms with van der Waals surface area (Å²) in [5, 5.41) is 1.94. The molecule has 0 radical (unpaired) electrons. The number of aryl methyl sites for hydroxylation is 1. The minimum Gasteiger partial charge on any atom is -0.353 e. The van der Waals surface area contributed by atoms with Gasteiger partial charge in [0, 0.05) is 49.8 Å². The van der Waals surface area contributed by atoms with Crippen LogP contribution in [0.1, 0.15) is 59.0 Å². The zero-order valence-corrected chi connectivity index (χ0v) is 19.7. The molecule has 0 saturated carbocycles. The fraction of sp³-hybridized carbons (Fsp3) is 0.400. The van der Waals surface area contributed by atoms with Crippen LogP contribution in [-0.4, -0.2) is 47.0 Å². The van der Waals surface area contributed by atoms with Gasteiger partial charge in [0.25, 0.3) is 5.91 Å². The molecule has 0 aliphatic carbocycles. The maximum Gasteiger partial charge on any atom is 0.264 e. The lowest BCUT2D eigenvalue weighted by molar-refractivity contribution is 0.0751. The van der Waals surface area contributed by atoms with Crippen LogP contribution < -0.4 is 4.90 Å². The van der Waals surface area contributed by atoms with Crippen LogP contribution in [0.25, 0.3) is 0 Å². The predicted octanol–water partition coefficient (Wildman–Crippen LogP) is 4.92. The predicted molar refractivity (Wildman–Crippen MR) is 127 cm³/mol. The van der Waals surface area contributed by atoms with E-state index in [0.29, 0.717) is 19.5 Å². The van der Waals surface area contributed by atoms with Gasteiger partial charge in [-0.3, -0.25) is 4.79 Å². The summed E-state index contributed by atoms with van der Waals surface area (Å²) in [6.45, 7) is 9.11.